The minimum atomic E-state index is -0.210. The summed E-state index contributed by atoms with van der Waals surface area (Å²) in [5, 5.41) is 5.09. The van der Waals surface area contributed by atoms with Gasteiger partial charge in [-0.1, -0.05) is 24.3 Å². The average molecular weight is 366 g/mol. The van der Waals surface area contributed by atoms with Gasteiger partial charge in [0, 0.05) is 17.7 Å². The Labute approximate surface area is 155 Å². The second-order valence-corrected chi connectivity index (χ2v) is 6.26. The molecular weight excluding hydrogens is 348 g/mol. The monoisotopic (exact) mass is 366 g/mol. The normalized spacial score (nSPS) is 10.7. The van der Waals surface area contributed by atoms with Crippen LogP contribution in [0.25, 0.3) is 6.08 Å². The van der Waals surface area contributed by atoms with Crippen molar-refractivity contribution in [3.63, 3.8) is 0 Å². The Morgan fingerprint density at radius 1 is 1.19 bits per heavy atom. The molecule has 132 valence electrons. The number of hydrogen-bond acceptors (Lipinski definition) is 5. The molecule has 0 fully saturated rings. The zero-order chi connectivity index (χ0) is 18.2. The van der Waals surface area contributed by atoms with Gasteiger partial charge in [0.05, 0.1) is 7.11 Å². The van der Waals surface area contributed by atoms with Gasteiger partial charge in [0.25, 0.3) is 0 Å². The first-order valence-corrected chi connectivity index (χ1v) is 8.85. The van der Waals surface area contributed by atoms with Crippen LogP contribution in [-0.2, 0) is 11.4 Å². The third kappa shape index (κ3) is 5.19. The molecule has 1 heterocycles. The van der Waals surface area contributed by atoms with Crippen molar-refractivity contribution in [2.24, 2.45) is 0 Å². The summed E-state index contributed by atoms with van der Waals surface area (Å²) in [4.78, 5) is 15.8. The summed E-state index contributed by atoms with van der Waals surface area (Å²) in [5.74, 6) is 1.36. The fourth-order valence-electron chi connectivity index (χ4n) is 2.21. The molecule has 5 nitrogen and oxygen atoms in total. The summed E-state index contributed by atoms with van der Waals surface area (Å²) in [6.45, 7) is 0.461. The highest BCUT2D eigenvalue weighted by Crippen LogP contribution is 2.18. The van der Waals surface area contributed by atoms with E-state index in [1.807, 2.05) is 53.9 Å². The Hall–Kier alpha value is -3.12. The van der Waals surface area contributed by atoms with Crippen molar-refractivity contribution >= 4 is 28.5 Å². The Balaban J connectivity index is 1.52. The molecule has 0 saturated heterocycles. The first-order chi connectivity index (χ1) is 12.7. The van der Waals surface area contributed by atoms with Gasteiger partial charge >= 0.3 is 0 Å². The molecule has 2 aromatic carbocycles. The van der Waals surface area contributed by atoms with Crippen LogP contribution in [0, 0.1) is 0 Å². The number of amides is 1. The van der Waals surface area contributed by atoms with Crippen molar-refractivity contribution in [2.45, 2.75) is 6.61 Å². The van der Waals surface area contributed by atoms with Gasteiger partial charge in [0.2, 0.25) is 5.91 Å². The number of aromatic nitrogens is 1. The first-order valence-electron chi connectivity index (χ1n) is 7.97. The average Bonchev–Trinajstić information content (AvgIpc) is 3.18. The van der Waals surface area contributed by atoms with E-state index >= 15 is 0 Å². The largest absolute Gasteiger partial charge is 0.497 e. The molecule has 0 spiro atoms. The number of nitrogens with zero attached hydrogens (tertiary/aromatic N) is 1. The van der Waals surface area contributed by atoms with E-state index in [-0.39, 0.29) is 5.91 Å². The number of carbonyl (C=O) groups is 1. The Morgan fingerprint density at radius 3 is 2.77 bits per heavy atom. The van der Waals surface area contributed by atoms with Gasteiger partial charge < -0.3 is 9.47 Å². The van der Waals surface area contributed by atoms with Gasteiger partial charge in [-0.2, -0.15) is 0 Å². The number of rotatable bonds is 7. The molecule has 1 amide bonds. The van der Waals surface area contributed by atoms with E-state index < -0.39 is 0 Å². The van der Waals surface area contributed by atoms with Gasteiger partial charge in [-0.15, -0.1) is 11.3 Å². The number of anilines is 1. The molecule has 0 atom stereocenters. The number of thiazole rings is 1. The van der Waals surface area contributed by atoms with Crippen LogP contribution in [0.2, 0.25) is 0 Å². The fraction of sp³-hybridized carbons (Fsp3) is 0.100. The maximum absolute atomic E-state index is 11.8. The second-order valence-electron chi connectivity index (χ2n) is 5.37. The molecule has 0 aliphatic carbocycles. The summed E-state index contributed by atoms with van der Waals surface area (Å²) in [6, 6.07) is 15.3. The standard InChI is InChI=1S/C20H18N2O3S/c1-24-18-4-2-3-16(13-18)14-25-17-8-5-15(6-9-17)7-10-19(23)22-20-21-11-12-26-20/h2-13H,14H2,1H3,(H,21,22,23)/b10-7+. The van der Waals surface area contributed by atoms with Crippen LogP contribution in [0.5, 0.6) is 11.5 Å². The quantitative estimate of drug-likeness (QED) is 0.630. The molecule has 0 unspecified atom stereocenters. The summed E-state index contributed by atoms with van der Waals surface area (Å²) >= 11 is 1.38. The van der Waals surface area contributed by atoms with Crippen molar-refractivity contribution in [3.05, 3.63) is 77.3 Å². The highest BCUT2D eigenvalue weighted by atomic mass is 32.1. The molecular formula is C20H18N2O3S. The lowest BCUT2D eigenvalue weighted by Gasteiger charge is -2.08. The van der Waals surface area contributed by atoms with Gasteiger partial charge in [0.1, 0.15) is 18.1 Å². The van der Waals surface area contributed by atoms with E-state index in [1.54, 1.807) is 19.4 Å². The molecule has 3 rings (SSSR count). The first kappa shape index (κ1) is 17.7. The number of ether oxygens (including phenoxy) is 2. The Morgan fingerprint density at radius 2 is 2.04 bits per heavy atom. The van der Waals surface area contributed by atoms with E-state index in [2.05, 4.69) is 10.3 Å². The molecule has 26 heavy (non-hydrogen) atoms. The van der Waals surface area contributed by atoms with Crippen LogP contribution in [-0.4, -0.2) is 18.0 Å². The van der Waals surface area contributed by atoms with Crippen molar-refractivity contribution in [1.82, 2.24) is 4.98 Å². The Kier molecular flexibility index (Phi) is 6.01. The smallest absolute Gasteiger partial charge is 0.250 e. The zero-order valence-electron chi connectivity index (χ0n) is 14.2. The van der Waals surface area contributed by atoms with Crippen LogP contribution in [0.3, 0.4) is 0 Å². The van der Waals surface area contributed by atoms with Crippen LogP contribution in [0.1, 0.15) is 11.1 Å². The lowest BCUT2D eigenvalue weighted by molar-refractivity contribution is -0.111. The number of benzene rings is 2. The van der Waals surface area contributed by atoms with Crippen LogP contribution >= 0.6 is 11.3 Å². The SMILES string of the molecule is COc1cccc(COc2ccc(/C=C/C(=O)Nc3nccs3)cc2)c1. The molecule has 6 heteroatoms. The van der Waals surface area contributed by atoms with Crippen molar-refractivity contribution in [2.75, 3.05) is 12.4 Å². The summed E-state index contributed by atoms with van der Waals surface area (Å²) in [5.41, 5.74) is 1.94. The van der Waals surface area contributed by atoms with E-state index in [9.17, 15) is 4.79 Å². The van der Waals surface area contributed by atoms with Gasteiger partial charge in [-0.05, 0) is 41.5 Å². The molecule has 0 aliphatic rings. The van der Waals surface area contributed by atoms with Crippen LogP contribution < -0.4 is 14.8 Å². The van der Waals surface area contributed by atoms with E-state index in [1.165, 1.54) is 17.4 Å². The van der Waals surface area contributed by atoms with E-state index in [4.69, 9.17) is 9.47 Å². The van der Waals surface area contributed by atoms with Gasteiger partial charge in [-0.25, -0.2) is 4.98 Å². The fourth-order valence-corrected chi connectivity index (χ4v) is 2.74. The highest BCUT2D eigenvalue weighted by molar-refractivity contribution is 7.13. The zero-order valence-corrected chi connectivity index (χ0v) is 15.0. The van der Waals surface area contributed by atoms with Crippen LogP contribution in [0.15, 0.2) is 66.2 Å². The molecule has 0 radical (unpaired) electrons. The topological polar surface area (TPSA) is 60.5 Å². The number of nitrogens with one attached hydrogen (secondary N) is 1. The van der Waals surface area contributed by atoms with Gasteiger partial charge in [0.15, 0.2) is 5.13 Å². The van der Waals surface area contributed by atoms with E-state index in [0.717, 1.165) is 22.6 Å². The highest BCUT2D eigenvalue weighted by Gasteiger charge is 2.00. The Bertz CT molecular complexity index is 874. The second kappa shape index (κ2) is 8.82. The lowest BCUT2D eigenvalue weighted by atomic mass is 10.2. The number of hydrogen-bond donors (Lipinski definition) is 1. The molecule has 1 N–H and O–H groups in total. The molecule has 0 aliphatic heterocycles. The summed E-state index contributed by atoms with van der Waals surface area (Å²) in [6.07, 6.45) is 4.87. The number of methoxy groups -OCH3 is 1. The van der Waals surface area contributed by atoms with Gasteiger partial charge in [-0.3, -0.25) is 10.1 Å². The number of carbonyl (C=O) groups excluding carboxylic acids is 1. The molecule has 0 bridgehead atoms. The third-order valence-electron chi connectivity index (χ3n) is 3.51. The molecule has 0 saturated carbocycles. The van der Waals surface area contributed by atoms with Crippen molar-refractivity contribution in [3.8, 4) is 11.5 Å². The third-order valence-corrected chi connectivity index (χ3v) is 4.20. The predicted molar refractivity (Wildman–Crippen MR) is 104 cm³/mol. The minimum Gasteiger partial charge on any atom is -0.497 e. The van der Waals surface area contributed by atoms with Crippen molar-refractivity contribution < 1.29 is 14.3 Å². The summed E-state index contributed by atoms with van der Waals surface area (Å²) < 4.78 is 11.0. The maximum Gasteiger partial charge on any atom is 0.250 e. The van der Waals surface area contributed by atoms with Crippen molar-refractivity contribution in [1.29, 1.82) is 0 Å². The maximum atomic E-state index is 11.8. The molecule has 3 aromatic rings. The van der Waals surface area contributed by atoms with Crippen LogP contribution in [0.4, 0.5) is 5.13 Å². The van der Waals surface area contributed by atoms with E-state index in [0.29, 0.717) is 11.7 Å². The lowest BCUT2D eigenvalue weighted by Crippen LogP contribution is -2.06. The molecule has 1 aromatic heterocycles. The summed E-state index contributed by atoms with van der Waals surface area (Å²) in [7, 11) is 1.64. The predicted octanol–water partition coefficient (Wildman–Crippen LogP) is 4.38. The minimum absolute atomic E-state index is 0.210.